The van der Waals surface area contributed by atoms with Gasteiger partial charge in [0.05, 0.1) is 0 Å². The van der Waals surface area contributed by atoms with Crippen LogP contribution >= 0.6 is 0 Å². The maximum atomic E-state index is 9.45. The quantitative estimate of drug-likeness (QED) is 0.855. The molecule has 0 aliphatic heterocycles. The van der Waals surface area contributed by atoms with Gasteiger partial charge in [0.25, 0.3) is 0 Å². The molecule has 3 N–H and O–H groups in total. The summed E-state index contributed by atoms with van der Waals surface area (Å²) in [6.07, 6.45) is 0. The number of aromatic hydroxyl groups is 1. The van der Waals surface area contributed by atoms with Gasteiger partial charge in [0, 0.05) is 25.2 Å². The monoisotopic (exact) mass is 284 g/mol. The van der Waals surface area contributed by atoms with E-state index in [1.807, 2.05) is 18.2 Å². The Balaban J connectivity index is 2.24. The molecule has 1 atom stereocenters. The Morgan fingerprint density at radius 2 is 1.62 bits per heavy atom. The summed E-state index contributed by atoms with van der Waals surface area (Å²) in [4.78, 5) is 2.39. The summed E-state index contributed by atoms with van der Waals surface area (Å²) in [7, 11) is 0. The van der Waals surface area contributed by atoms with Crippen LogP contribution in [0, 0.1) is 0 Å². The van der Waals surface area contributed by atoms with Crippen LogP contribution in [-0.2, 0) is 6.54 Å². The van der Waals surface area contributed by atoms with Crippen LogP contribution in [0.15, 0.2) is 54.6 Å². The van der Waals surface area contributed by atoms with Crippen LogP contribution in [0.2, 0.25) is 0 Å². The van der Waals surface area contributed by atoms with Crippen LogP contribution in [0.1, 0.15) is 31.0 Å². The molecule has 0 saturated heterocycles. The van der Waals surface area contributed by atoms with Gasteiger partial charge in [0.15, 0.2) is 0 Å². The molecule has 0 radical (unpaired) electrons. The summed E-state index contributed by atoms with van der Waals surface area (Å²) in [5, 5.41) is 9.45. The molecule has 0 aromatic heterocycles. The van der Waals surface area contributed by atoms with Gasteiger partial charge < -0.3 is 10.8 Å². The molecule has 0 spiro atoms. The van der Waals surface area contributed by atoms with Gasteiger partial charge in [-0.15, -0.1) is 0 Å². The van der Waals surface area contributed by atoms with Crippen LogP contribution in [0.5, 0.6) is 5.75 Å². The van der Waals surface area contributed by atoms with Gasteiger partial charge in [-0.25, -0.2) is 0 Å². The SMILES string of the molecule is CC(C)N(Cc1ccccc1)C(CN)c1ccc(O)cc1. The van der Waals surface area contributed by atoms with Gasteiger partial charge in [-0.1, -0.05) is 42.5 Å². The fourth-order valence-electron chi connectivity index (χ4n) is 2.61. The van der Waals surface area contributed by atoms with Crippen LogP contribution in [0.25, 0.3) is 0 Å². The molecular weight excluding hydrogens is 260 g/mol. The summed E-state index contributed by atoms with van der Waals surface area (Å²) in [6, 6.07) is 18.3. The third-order valence-electron chi connectivity index (χ3n) is 3.77. The van der Waals surface area contributed by atoms with Gasteiger partial charge in [0.2, 0.25) is 0 Å². The second-order valence-corrected chi connectivity index (χ2v) is 5.59. The Morgan fingerprint density at radius 1 is 1.00 bits per heavy atom. The fraction of sp³-hybridized carbons (Fsp3) is 0.333. The Labute approximate surface area is 127 Å². The van der Waals surface area contributed by atoms with Crippen molar-refractivity contribution in [1.82, 2.24) is 4.90 Å². The van der Waals surface area contributed by atoms with Crippen molar-refractivity contribution in [2.24, 2.45) is 5.73 Å². The minimum absolute atomic E-state index is 0.144. The van der Waals surface area contributed by atoms with E-state index in [2.05, 4.69) is 43.0 Å². The summed E-state index contributed by atoms with van der Waals surface area (Å²) in [5.41, 5.74) is 8.45. The number of nitrogens with zero attached hydrogens (tertiary/aromatic N) is 1. The lowest BCUT2D eigenvalue weighted by Gasteiger charge is -2.34. The van der Waals surface area contributed by atoms with Crippen LogP contribution < -0.4 is 5.73 Å². The number of hydrogen-bond acceptors (Lipinski definition) is 3. The summed E-state index contributed by atoms with van der Waals surface area (Å²) in [5.74, 6) is 0.286. The van der Waals surface area contributed by atoms with E-state index >= 15 is 0 Å². The summed E-state index contributed by atoms with van der Waals surface area (Å²) >= 11 is 0. The molecule has 3 heteroatoms. The largest absolute Gasteiger partial charge is 0.508 e. The topological polar surface area (TPSA) is 49.5 Å². The first-order valence-electron chi connectivity index (χ1n) is 7.40. The van der Waals surface area contributed by atoms with Crippen molar-refractivity contribution in [1.29, 1.82) is 0 Å². The molecule has 3 nitrogen and oxygen atoms in total. The highest BCUT2D eigenvalue weighted by atomic mass is 16.3. The third kappa shape index (κ3) is 4.06. The second-order valence-electron chi connectivity index (χ2n) is 5.59. The van der Waals surface area contributed by atoms with Gasteiger partial charge in [-0.05, 0) is 37.1 Å². The van der Waals surface area contributed by atoms with E-state index in [1.54, 1.807) is 12.1 Å². The van der Waals surface area contributed by atoms with Crippen LogP contribution in [0.3, 0.4) is 0 Å². The van der Waals surface area contributed by atoms with E-state index in [9.17, 15) is 5.11 Å². The molecule has 0 saturated carbocycles. The van der Waals surface area contributed by atoms with E-state index < -0.39 is 0 Å². The maximum Gasteiger partial charge on any atom is 0.115 e. The number of nitrogens with two attached hydrogens (primary N) is 1. The zero-order chi connectivity index (χ0) is 15.2. The van der Waals surface area contributed by atoms with Crippen molar-refractivity contribution < 1.29 is 5.11 Å². The van der Waals surface area contributed by atoms with Gasteiger partial charge >= 0.3 is 0 Å². The average Bonchev–Trinajstić information content (AvgIpc) is 2.49. The van der Waals surface area contributed by atoms with E-state index in [4.69, 9.17) is 5.73 Å². The van der Waals surface area contributed by atoms with Crippen molar-refractivity contribution >= 4 is 0 Å². The zero-order valence-corrected chi connectivity index (χ0v) is 12.7. The Hall–Kier alpha value is -1.84. The van der Waals surface area contributed by atoms with Gasteiger partial charge in [-0.3, -0.25) is 4.90 Å². The Morgan fingerprint density at radius 3 is 2.14 bits per heavy atom. The zero-order valence-electron chi connectivity index (χ0n) is 12.7. The van der Waals surface area contributed by atoms with E-state index in [1.165, 1.54) is 5.56 Å². The molecule has 0 aliphatic carbocycles. The van der Waals surface area contributed by atoms with Crippen molar-refractivity contribution in [3.8, 4) is 5.75 Å². The number of hydrogen-bond donors (Lipinski definition) is 2. The van der Waals surface area contributed by atoms with E-state index in [0.29, 0.717) is 12.6 Å². The van der Waals surface area contributed by atoms with Crippen molar-refractivity contribution in [2.45, 2.75) is 32.5 Å². The first-order chi connectivity index (χ1) is 10.1. The molecule has 2 aromatic rings. The minimum Gasteiger partial charge on any atom is -0.508 e. The molecule has 0 aliphatic rings. The number of phenols is 1. The lowest BCUT2D eigenvalue weighted by Crippen LogP contribution is -2.38. The molecule has 2 rings (SSSR count). The highest BCUT2D eigenvalue weighted by Crippen LogP contribution is 2.25. The van der Waals surface area contributed by atoms with Crippen LogP contribution in [-0.4, -0.2) is 22.6 Å². The fourth-order valence-corrected chi connectivity index (χ4v) is 2.61. The van der Waals surface area contributed by atoms with E-state index in [-0.39, 0.29) is 11.8 Å². The molecular formula is C18H24N2O. The second kappa shape index (κ2) is 7.25. The van der Waals surface area contributed by atoms with Crippen LogP contribution in [0.4, 0.5) is 0 Å². The molecule has 21 heavy (non-hydrogen) atoms. The number of phenolic OH excluding ortho intramolecular Hbond substituents is 1. The lowest BCUT2D eigenvalue weighted by molar-refractivity contribution is 0.148. The molecule has 0 bridgehead atoms. The minimum atomic E-state index is 0.144. The van der Waals surface area contributed by atoms with Crippen molar-refractivity contribution in [3.05, 3.63) is 65.7 Å². The molecule has 1 unspecified atom stereocenters. The van der Waals surface area contributed by atoms with E-state index in [0.717, 1.165) is 12.1 Å². The normalized spacial score (nSPS) is 12.8. The third-order valence-corrected chi connectivity index (χ3v) is 3.77. The predicted octanol–water partition coefficient (Wildman–Crippen LogP) is 3.30. The predicted molar refractivity (Wildman–Crippen MR) is 87.0 cm³/mol. The van der Waals surface area contributed by atoms with Crippen molar-refractivity contribution in [2.75, 3.05) is 6.54 Å². The van der Waals surface area contributed by atoms with Crippen molar-refractivity contribution in [3.63, 3.8) is 0 Å². The first-order valence-corrected chi connectivity index (χ1v) is 7.40. The molecule has 0 amide bonds. The summed E-state index contributed by atoms with van der Waals surface area (Å²) < 4.78 is 0. The molecule has 112 valence electrons. The van der Waals surface area contributed by atoms with Gasteiger partial charge in [0.1, 0.15) is 5.75 Å². The maximum absolute atomic E-state index is 9.45. The standard InChI is InChI=1S/C18H24N2O/c1-14(2)20(13-15-6-4-3-5-7-15)18(12-19)16-8-10-17(21)11-9-16/h3-11,14,18,21H,12-13,19H2,1-2H3. The average molecular weight is 284 g/mol. The highest BCUT2D eigenvalue weighted by molar-refractivity contribution is 5.28. The molecule has 0 heterocycles. The Kier molecular flexibility index (Phi) is 5.37. The van der Waals surface area contributed by atoms with Gasteiger partial charge in [-0.2, -0.15) is 0 Å². The lowest BCUT2D eigenvalue weighted by atomic mass is 10.0. The molecule has 0 fully saturated rings. The summed E-state index contributed by atoms with van der Waals surface area (Å²) in [6.45, 7) is 5.79. The highest BCUT2D eigenvalue weighted by Gasteiger charge is 2.21. The Bertz CT molecular complexity index is 537. The number of benzene rings is 2. The first kappa shape index (κ1) is 15.5. The molecule has 2 aromatic carbocycles. The smallest absolute Gasteiger partial charge is 0.115 e. The number of rotatable bonds is 6.